The Morgan fingerprint density at radius 1 is 1.43 bits per heavy atom. The van der Waals surface area contributed by atoms with Crippen molar-refractivity contribution in [1.82, 2.24) is 0 Å². The number of rotatable bonds is 3. The van der Waals surface area contributed by atoms with Crippen molar-refractivity contribution in [3.8, 4) is 5.75 Å². The first-order valence-corrected chi connectivity index (χ1v) is 4.48. The third-order valence-electron chi connectivity index (χ3n) is 1.68. The van der Waals surface area contributed by atoms with Crippen LogP contribution in [0.3, 0.4) is 0 Å². The third-order valence-corrected chi connectivity index (χ3v) is 1.86. The van der Waals surface area contributed by atoms with Gasteiger partial charge in [0.25, 0.3) is 0 Å². The van der Waals surface area contributed by atoms with Gasteiger partial charge in [-0.15, -0.1) is 11.6 Å². The molecule has 0 bridgehead atoms. The molecule has 0 unspecified atom stereocenters. The number of allylic oxidation sites excluding steroid dienone is 1. The van der Waals surface area contributed by atoms with Gasteiger partial charge in [-0.3, -0.25) is 0 Å². The SMILES string of the molecule is COc1ccc(F)c(C=CCCl)c1F. The number of halogens is 3. The van der Waals surface area contributed by atoms with Gasteiger partial charge < -0.3 is 4.74 Å². The molecule has 0 aliphatic carbocycles. The van der Waals surface area contributed by atoms with Crippen LogP contribution in [0.2, 0.25) is 0 Å². The standard InChI is InChI=1S/C10H9ClF2O/c1-14-9-5-4-8(12)7(10(9)13)3-2-6-11/h2-5H,6H2,1H3. The minimum absolute atomic E-state index is 0.0145. The van der Waals surface area contributed by atoms with E-state index >= 15 is 0 Å². The monoisotopic (exact) mass is 218 g/mol. The predicted molar refractivity (Wildman–Crippen MR) is 52.7 cm³/mol. The Morgan fingerprint density at radius 3 is 2.71 bits per heavy atom. The van der Waals surface area contributed by atoms with Crippen LogP contribution in [0.25, 0.3) is 6.08 Å². The van der Waals surface area contributed by atoms with E-state index in [-0.39, 0.29) is 17.2 Å². The van der Waals surface area contributed by atoms with Gasteiger partial charge >= 0.3 is 0 Å². The smallest absolute Gasteiger partial charge is 0.175 e. The van der Waals surface area contributed by atoms with Crippen LogP contribution < -0.4 is 4.74 Å². The molecule has 1 nitrogen and oxygen atoms in total. The third kappa shape index (κ3) is 2.23. The summed E-state index contributed by atoms with van der Waals surface area (Å²) in [5.41, 5.74) is -0.134. The highest BCUT2D eigenvalue weighted by molar-refractivity contribution is 6.19. The summed E-state index contributed by atoms with van der Waals surface area (Å²) in [4.78, 5) is 0. The van der Waals surface area contributed by atoms with Crippen LogP contribution in [0.15, 0.2) is 18.2 Å². The van der Waals surface area contributed by atoms with Gasteiger partial charge in [-0.05, 0) is 12.1 Å². The Bertz CT molecular complexity index is 350. The summed E-state index contributed by atoms with van der Waals surface area (Å²) in [7, 11) is 1.32. The normalized spacial score (nSPS) is 10.9. The van der Waals surface area contributed by atoms with Crippen molar-refractivity contribution in [1.29, 1.82) is 0 Å². The van der Waals surface area contributed by atoms with E-state index in [9.17, 15) is 8.78 Å². The number of benzene rings is 1. The number of hydrogen-bond donors (Lipinski definition) is 0. The van der Waals surface area contributed by atoms with E-state index in [0.29, 0.717) is 0 Å². The summed E-state index contributed by atoms with van der Waals surface area (Å²) in [6.07, 6.45) is 2.75. The average molecular weight is 219 g/mol. The van der Waals surface area contributed by atoms with Gasteiger partial charge in [0.05, 0.1) is 7.11 Å². The molecule has 0 fully saturated rings. The minimum atomic E-state index is -0.714. The Hall–Kier alpha value is -1.09. The maximum atomic E-state index is 13.4. The molecule has 0 saturated carbocycles. The van der Waals surface area contributed by atoms with Crippen molar-refractivity contribution in [3.05, 3.63) is 35.4 Å². The summed E-state index contributed by atoms with van der Waals surface area (Å²) >= 11 is 5.37. The number of alkyl halides is 1. The molecule has 4 heteroatoms. The first-order valence-electron chi connectivity index (χ1n) is 3.95. The highest BCUT2D eigenvalue weighted by Gasteiger charge is 2.10. The minimum Gasteiger partial charge on any atom is -0.494 e. The molecule has 14 heavy (non-hydrogen) atoms. The van der Waals surface area contributed by atoms with Crippen LogP contribution in [-0.4, -0.2) is 13.0 Å². The average Bonchev–Trinajstić information content (AvgIpc) is 2.18. The van der Waals surface area contributed by atoms with E-state index in [1.54, 1.807) is 0 Å². The molecule has 0 N–H and O–H groups in total. The number of hydrogen-bond acceptors (Lipinski definition) is 1. The Balaban J connectivity index is 3.18. The molecule has 0 aliphatic rings. The Morgan fingerprint density at radius 2 is 2.14 bits per heavy atom. The van der Waals surface area contributed by atoms with Gasteiger partial charge in [-0.25, -0.2) is 8.78 Å². The van der Waals surface area contributed by atoms with Crippen LogP contribution in [0.4, 0.5) is 8.78 Å². The molecule has 0 atom stereocenters. The molecule has 1 rings (SSSR count). The molecule has 0 radical (unpaired) electrons. The summed E-state index contributed by atoms with van der Waals surface area (Å²) in [5, 5.41) is 0. The quantitative estimate of drug-likeness (QED) is 0.708. The second-order valence-electron chi connectivity index (χ2n) is 2.53. The van der Waals surface area contributed by atoms with Gasteiger partial charge in [-0.1, -0.05) is 12.2 Å². The second kappa shape index (κ2) is 4.96. The summed E-state index contributed by atoms with van der Waals surface area (Å²) < 4.78 is 31.2. The first kappa shape index (κ1) is 11.0. The van der Waals surface area contributed by atoms with Crippen LogP contribution in [0.1, 0.15) is 5.56 Å². The van der Waals surface area contributed by atoms with Crippen molar-refractivity contribution in [2.24, 2.45) is 0 Å². The van der Waals surface area contributed by atoms with Gasteiger partial charge in [0.15, 0.2) is 11.6 Å². The molecule has 0 spiro atoms. The first-order chi connectivity index (χ1) is 6.70. The van der Waals surface area contributed by atoms with Crippen LogP contribution in [0.5, 0.6) is 5.75 Å². The lowest BCUT2D eigenvalue weighted by molar-refractivity contribution is 0.383. The largest absolute Gasteiger partial charge is 0.494 e. The van der Waals surface area contributed by atoms with E-state index in [1.165, 1.54) is 25.3 Å². The molecule has 0 aromatic heterocycles. The van der Waals surface area contributed by atoms with Gasteiger partial charge in [-0.2, -0.15) is 0 Å². The Labute approximate surface area is 85.9 Å². The topological polar surface area (TPSA) is 9.23 Å². The lowest BCUT2D eigenvalue weighted by atomic mass is 10.1. The predicted octanol–water partition coefficient (Wildman–Crippen LogP) is 3.23. The fourth-order valence-corrected chi connectivity index (χ4v) is 1.11. The summed E-state index contributed by atoms with van der Waals surface area (Å²) in [5.74, 6) is -1.13. The molecule has 0 amide bonds. The van der Waals surface area contributed by atoms with Crippen molar-refractivity contribution >= 4 is 17.7 Å². The zero-order chi connectivity index (χ0) is 10.6. The molecule has 0 saturated heterocycles. The Kier molecular flexibility index (Phi) is 3.89. The van der Waals surface area contributed by atoms with Crippen molar-refractivity contribution in [3.63, 3.8) is 0 Å². The summed E-state index contributed by atoms with van der Waals surface area (Å²) in [6.45, 7) is 0. The van der Waals surface area contributed by atoms with E-state index in [0.717, 1.165) is 6.07 Å². The zero-order valence-corrected chi connectivity index (χ0v) is 8.31. The van der Waals surface area contributed by atoms with Gasteiger partial charge in [0, 0.05) is 11.4 Å². The molecule has 0 heterocycles. The van der Waals surface area contributed by atoms with Crippen molar-refractivity contribution in [2.75, 3.05) is 13.0 Å². The fourth-order valence-electron chi connectivity index (χ4n) is 1.02. The van der Waals surface area contributed by atoms with Crippen molar-refractivity contribution in [2.45, 2.75) is 0 Å². The number of ether oxygens (including phenoxy) is 1. The zero-order valence-electron chi connectivity index (χ0n) is 7.56. The fraction of sp³-hybridized carbons (Fsp3) is 0.200. The van der Waals surface area contributed by atoms with Gasteiger partial charge in [0.1, 0.15) is 5.82 Å². The molecule has 1 aromatic carbocycles. The van der Waals surface area contributed by atoms with E-state index in [1.807, 2.05) is 0 Å². The maximum absolute atomic E-state index is 13.4. The highest BCUT2D eigenvalue weighted by Crippen LogP contribution is 2.23. The maximum Gasteiger partial charge on any atom is 0.175 e. The van der Waals surface area contributed by atoms with Crippen LogP contribution in [0, 0.1) is 11.6 Å². The van der Waals surface area contributed by atoms with E-state index in [4.69, 9.17) is 16.3 Å². The van der Waals surface area contributed by atoms with E-state index in [2.05, 4.69) is 0 Å². The molecule has 76 valence electrons. The molecule has 1 aromatic rings. The van der Waals surface area contributed by atoms with E-state index < -0.39 is 11.6 Å². The van der Waals surface area contributed by atoms with Crippen LogP contribution >= 0.6 is 11.6 Å². The lowest BCUT2D eigenvalue weighted by Gasteiger charge is -2.04. The highest BCUT2D eigenvalue weighted by atomic mass is 35.5. The second-order valence-corrected chi connectivity index (χ2v) is 2.84. The van der Waals surface area contributed by atoms with Gasteiger partial charge in [0.2, 0.25) is 0 Å². The van der Waals surface area contributed by atoms with Crippen molar-refractivity contribution < 1.29 is 13.5 Å². The molecule has 0 aliphatic heterocycles. The molecular weight excluding hydrogens is 210 g/mol. The summed E-state index contributed by atoms with van der Waals surface area (Å²) in [6, 6.07) is 2.39. The van der Waals surface area contributed by atoms with Crippen LogP contribution in [-0.2, 0) is 0 Å². The lowest BCUT2D eigenvalue weighted by Crippen LogP contribution is -1.94. The molecular formula is C10H9ClF2O. The number of methoxy groups -OCH3 is 1.